The number of nitrogens with zero attached hydrogens (tertiary/aromatic N) is 2. The molecule has 148 valence electrons. The molecule has 5 heteroatoms. The monoisotopic (exact) mass is 387 g/mol. The average molecular weight is 387 g/mol. The van der Waals surface area contributed by atoms with Crippen molar-refractivity contribution in [3.05, 3.63) is 89.7 Å². The highest BCUT2D eigenvalue weighted by Crippen LogP contribution is 2.39. The summed E-state index contributed by atoms with van der Waals surface area (Å²) >= 11 is 0. The number of amides is 1. The van der Waals surface area contributed by atoms with Gasteiger partial charge in [0.1, 0.15) is 12.4 Å². The van der Waals surface area contributed by atoms with Crippen LogP contribution in [-0.2, 0) is 17.9 Å². The summed E-state index contributed by atoms with van der Waals surface area (Å²) in [7, 11) is 0. The lowest BCUT2D eigenvalue weighted by molar-refractivity contribution is -0.119. The van der Waals surface area contributed by atoms with Crippen LogP contribution in [0, 0.1) is 0 Å². The van der Waals surface area contributed by atoms with E-state index in [0.29, 0.717) is 6.61 Å². The van der Waals surface area contributed by atoms with Crippen molar-refractivity contribution >= 4 is 11.6 Å². The first-order chi connectivity index (χ1) is 14.1. The van der Waals surface area contributed by atoms with Crippen LogP contribution < -0.4 is 15.4 Å². The lowest BCUT2D eigenvalue weighted by atomic mass is 9.85. The fourth-order valence-electron chi connectivity index (χ4n) is 3.92. The molecule has 2 heterocycles. The Kier molecular flexibility index (Phi) is 5.47. The minimum absolute atomic E-state index is 0.222. The second-order valence-corrected chi connectivity index (χ2v) is 7.48. The standard InChI is InChI=1S/C24H25N3O2/c1-17-14-22(24(25)28)21-7-2-3-8-23(21)27(17)15-18-9-11-20(12-10-18)29-16-19-6-4-5-13-26-19/h2-13,17,22H,14-16H2,1H3,(H2,25,28). The summed E-state index contributed by atoms with van der Waals surface area (Å²) in [4.78, 5) is 18.5. The summed E-state index contributed by atoms with van der Waals surface area (Å²) in [5.74, 6) is 0.346. The van der Waals surface area contributed by atoms with Gasteiger partial charge in [0.2, 0.25) is 5.91 Å². The number of nitrogens with two attached hydrogens (primary N) is 1. The van der Waals surface area contributed by atoms with E-state index in [1.807, 2.05) is 48.5 Å². The fourth-order valence-corrected chi connectivity index (χ4v) is 3.92. The molecule has 0 radical (unpaired) electrons. The number of pyridine rings is 1. The van der Waals surface area contributed by atoms with E-state index in [2.05, 4.69) is 35.0 Å². The van der Waals surface area contributed by atoms with Crippen molar-refractivity contribution in [2.24, 2.45) is 5.73 Å². The van der Waals surface area contributed by atoms with E-state index in [0.717, 1.165) is 35.7 Å². The summed E-state index contributed by atoms with van der Waals surface area (Å²) in [5, 5.41) is 0. The number of rotatable bonds is 6. The number of primary amides is 1. The van der Waals surface area contributed by atoms with Crippen LogP contribution in [0.25, 0.3) is 0 Å². The number of hydrogen-bond acceptors (Lipinski definition) is 4. The lowest BCUT2D eigenvalue weighted by Crippen LogP contribution is -2.41. The van der Waals surface area contributed by atoms with Crippen molar-refractivity contribution < 1.29 is 9.53 Å². The number of carbonyl (C=O) groups excluding carboxylic acids is 1. The first-order valence-corrected chi connectivity index (χ1v) is 9.88. The molecule has 29 heavy (non-hydrogen) atoms. The molecule has 0 saturated carbocycles. The molecule has 4 rings (SSSR count). The molecule has 5 nitrogen and oxygen atoms in total. The van der Waals surface area contributed by atoms with Gasteiger partial charge in [0.05, 0.1) is 11.6 Å². The maximum absolute atomic E-state index is 11.9. The van der Waals surface area contributed by atoms with E-state index >= 15 is 0 Å². The molecule has 1 aromatic heterocycles. The van der Waals surface area contributed by atoms with Gasteiger partial charge in [-0.25, -0.2) is 0 Å². The zero-order chi connectivity index (χ0) is 20.2. The normalized spacial score (nSPS) is 18.2. The Morgan fingerprint density at radius 1 is 1.10 bits per heavy atom. The summed E-state index contributed by atoms with van der Waals surface area (Å²) in [6.45, 7) is 3.37. The predicted octanol–water partition coefficient (Wildman–Crippen LogP) is 4.03. The van der Waals surface area contributed by atoms with Gasteiger partial charge >= 0.3 is 0 Å². The molecule has 2 aromatic carbocycles. The summed E-state index contributed by atoms with van der Waals surface area (Å²) in [6, 6.07) is 22.2. The average Bonchev–Trinajstić information content (AvgIpc) is 2.75. The molecule has 1 aliphatic rings. The Morgan fingerprint density at radius 3 is 2.59 bits per heavy atom. The third kappa shape index (κ3) is 4.24. The van der Waals surface area contributed by atoms with Crippen LogP contribution >= 0.6 is 0 Å². The molecule has 1 aliphatic heterocycles. The first-order valence-electron chi connectivity index (χ1n) is 9.88. The van der Waals surface area contributed by atoms with Gasteiger partial charge in [-0.05, 0) is 54.8 Å². The van der Waals surface area contributed by atoms with Crippen molar-refractivity contribution in [3.8, 4) is 5.75 Å². The van der Waals surface area contributed by atoms with Crippen molar-refractivity contribution in [1.82, 2.24) is 4.98 Å². The number of para-hydroxylation sites is 1. The third-order valence-corrected chi connectivity index (χ3v) is 5.46. The van der Waals surface area contributed by atoms with E-state index in [1.54, 1.807) is 6.20 Å². The summed E-state index contributed by atoms with van der Waals surface area (Å²) in [6.07, 6.45) is 2.50. The summed E-state index contributed by atoms with van der Waals surface area (Å²) in [5.41, 5.74) is 9.86. The topological polar surface area (TPSA) is 68.5 Å². The van der Waals surface area contributed by atoms with E-state index in [4.69, 9.17) is 10.5 Å². The van der Waals surface area contributed by atoms with Crippen molar-refractivity contribution in [2.75, 3.05) is 4.90 Å². The van der Waals surface area contributed by atoms with Crippen LogP contribution in [0.3, 0.4) is 0 Å². The second kappa shape index (κ2) is 8.35. The van der Waals surface area contributed by atoms with Gasteiger partial charge in [0, 0.05) is 24.5 Å². The quantitative estimate of drug-likeness (QED) is 0.693. The van der Waals surface area contributed by atoms with Gasteiger partial charge in [-0.2, -0.15) is 0 Å². The van der Waals surface area contributed by atoms with E-state index in [9.17, 15) is 4.79 Å². The minimum atomic E-state index is -0.252. The number of aromatic nitrogens is 1. The highest BCUT2D eigenvalue weighted by molar-refractivity contribution is 5.85. The smallest absolute Gasteiger partial charge is 0.225 e. The largest absolute Gasteiger partial charge is 0.487 e. The number of carbonyl (C=O) groups is 1. The van der Waals surface area contributed by atoms with E-state index < -0.39 is 0 Å². The van der Waals surface area contributed by atoms with Gasteiger partial charge in [-0.1, -0.05) is 36.4 Å². The van der Waals surface area contributed by atoms with Crippen LogP contribution in [0.4, 0.5) is 5.69 Å². The van der Waals surface area contributed by atoms with Crippen molar-refractivity contribution in [1.29, 1.82) is 0 Å². The molecule has 2 atom stereocenters. The highest BCUT2D eigenvalue weighted by atomic mass is 16.5. The molecular formula is C24H25N3O2. The molecule has 3 aromatic rings. The van der Waals surface area contributed by atoms with Crippen LogP contribution in [0.15, 0.2) is 72.9 Å². The predicted molar refractivity (Wildman–Crippen MR) is 114 cm³/mol. The number of ether oxygens (including phenoxy) is 1. The number of hydrogen-bond donors (Lipinski definition) is 1. The van der Waals surface area contributed by atoms with Gasteiger partial charge in [0.25, 0.3) is 0 Å². The molecule has 0 spiro atoms. The van der Waals surface area contributed by atoms with E-state index in [1.165, 1.54) is 5.56 Å². The molecule has 2 N–H and O–H groups in total. The molecule has 0 saturated heterocycles. The zero-order valence-corrected chi connectivity index (χ0v) is 16.5. The zero-order valence-electron chi connectivity index (χ0n) is 16.5. The summed E-state index contributed by atoms with van der Waals surface area (Å²) < 4.78 is 5.83. The van der Waals surface area contributed by atoms with Crippen LogP contribution in [0.1, 0.15) is 36.1 Å². The Hall–Kier alpha value is -3.34. The van der Waals surface area contributed by atoms with Gasteiger partial charge in [0.15, 0.2) is 0 Å². The SMILES string of the molecule is CC1CC(C(N)=O)c2ccccc2N1Cc1ccc(OCc2ccccn2)cc1. The van der Waals surface area contributed by atoms with Gasteiger partial charge in [-0.3, -0.25) is 9.78 Å². The van der Waals surface area contributed by atoms with Crippen LogP contribution in [0.5, 0.6) is 5.75 Å². The number of fused-ring (bicyclic) bond motifs is 1. The van der Waals surface area contributed by atoms with Gasteiger partial charge in [-0.15, -0.1) is 0 Å². The highest BCUT2D eigenvalue weighted by Gasteiger charge is 2.32. The van der Waals surface area contributed by atoms with E-state index in [-0.39, 0.29) is 17.9 Å². The molecule has 1 amide bonds. The van der Waals surface area contributed by atoms with Crippen LogP contribution in [-0.4, -0.2) is 16.9 Å². The van der Waals surface area contributed by atoms with Gasteiger partial charge < -0.3 is 15.4 Å². The molecule has 0 bridgehead atoms. The molecular weight excluding hydrogens is 362 g/mol. The lowest BCUT2D eigenvalue weighted by Gasteiger charge is -2.40. The second-order valence-electron chi connectivity index (χ2n) is 7.48. The Bertz CT molecular complexity index is 973. The Morgan fingerprint density at radius 2 is 1.86 bits per heavy atom. The number of benzene rings is 2. The Balaban J connectivity index is 1.47. The van der Waals surface area contributed by atoms with Crippen molar-refractivity contribution in [2.45, 2.75) is 38.5 Å². The number of anilines is 1. The third-order valence-electron chi connectivity index (χ3n) is 5.46. The van der Waals surface area contributed by atoms with Crippen molar-refractivity contribution in [3.63, 3.8) is 0 Å². The Labute approximate surface area is 171 Å². The van der Waals surface area contributed by atoms with Crippen LogP contribution in [0.2, 0.25) is 0 Å². The first kappa shape index (κ1) is 19.0. The maximum atomic E-state index is 11.9. The molecule has 0 aliphatic carbocycles. The fraction of sp³-hybridized carbons (Fsp3) is 0.250. The minimum Gasteiger partial charge on any atom is -0.487 e. The molecule has 0 fully saturated rings. The maximum Gasteiger partial charge on any atom is 0.225 e. The molecule has 2 unspecified atom stereocenters.